The molecule has 2 nitrogen and oxygen atoms in total. The van der Waals surface area contributed by atoms with Gasteiger partial charge in [0.05, 0.1) is 16.0 Å². The van der Waals surface area contributed by atoms with Crippen molar-refractivity contribution in [1.82, 2.24) is 5.32 Å². The number of aryl methyl sites for hydroxylation is 1. The van der Waals surface area contributed by atoms with Crippen molar-refractivity contribution in [1.29, 1.82) is 0 Å². The highest BCUT2D eigenvalue weighted by Crippen LogP contribution is 2.34. The summed E-state index contributed by atoms with van der Waals surface area (Å²) in [6.07, 6.45) is 3.47. The quantitative estimate of drug-likeness (QED) is 0.920. The highest BCUT2D eigenvalue weighted by molar-refractivity contribution is 7.85. The number of hydrogen-bond acceptors (Lipinski definition) is 2. The Morgan fingerprint density at radius 1 is 1.20 bits per heavy atom. The maximum atomic E-state index is 12.9. The fraction of sp³-hybridized carbons (Fsp3) is 0.647. The molecule has 0 radical (unpaired) electrons. The van der Waals surface area contributed by atoms with E-state index in [1.807, 2.05) is 19.2 Å². The van der Waals surface area contributed by atoms with Crippen LogP contribution in [0.1, 0.15) is 38.7 Å². The van der Waals surface area contributed by atoms with Gasteiger partial charge in [0.1, 0.15) is 0 Å². The molecule has 4 atom stereocenters. The lowest BCUT2D eigenvalue weighted by Crippen LogP contribution is -2.45. The molecule has 0 heterocycles. The Morgan fingerprint density at radius 2 is 1.85 bits per heavy atom. The number of benzene rings is 1. The summed E-state index contributed by atoms with van der Waals surface area (Å²) in [4.78, 5) is 0.977. The van der Waals surface area contributed by atoms with Crippen LogP contribution in [0.5, 0.6) is 0 Å². The molecule has 1 aromatic carbocycles. The normalized spacial score (nSPS) is 28.6. The molecule has 1 N–H and O–H groups in total. The van der Waals surface area contributed by atoms with Gasteiger partial charge in [0.2, 0.25) is 0 Å². The minimum absolute atomic E-state index is 0.240. The minimum Gasteiger partial charge on any atom is -0.316 e. The molecule has 1 aromatic rings. The zero-order valence-electron chi connectivity index (χ0n) is 13.1. The Bertz CT molecular complexity index is 455. The van der Waals surface area contributed by atoms with Crippen molar-refractivity contribution in [2.24, 2.45) is 11.8 Å². The molecular formula is C17H27NOS. The Balaban J connectivity index is 2.17. The lowest BCUT2D eigenvalue weighted by Gasteiger charge is -2.37. The molecular weight excluding hydrogens is 266 g/mol. The van der Waals surface area contributed by atoms with Crippen LogP contribution in [-0.4, -0.2) is 22.5 Å². The molecule has 1 aliphatic carbocycles. The van der Waals surface area contributed by atoms with Crippen LogP contribution in [0.15, 0.2) is 29.2 Å². The first-order valence-electron chi connectivity index (χ1n) is 7.67. The van der Waals surface area contributed by atoms with E-state index in [2.05, 4.69) is 38.2 Å². The van der Waals surface area contributed by atoms with Gasteiger partial charge in [-0.05, 0) is 57.2 Å². The SMILES string of the molecule is CNC1CCC(C(C)C)CC1S(=O)c1ccc(C)cc1. The average Bonchev–Trinajstić information content (AvgIpc) is 2.46. The van der Waals surface area contributed by atoms with Gasteiger partial charge < -0.3 is 5.32 Å². The van der Waals surface area contributed by atoms with Crippen molar-refractivity contribution in [2.45, 2.75) is 56.2 Å². The summed E-state index contributed by atoms with van der Waals surface area (Å²) in [6, 6.07) is 8.55. The Kier molecular flexibility index (Phi) is 5.39. The van der Waals surface area contributed by atoms with Crippen molar-refractivity contribution < 1.29 is 4.21 Å². The van der Waals surface area contributed by atoms with E-state index in [0.29, 0.717) is 17.9 Å². The summed E-state index contributed by atoms with van der Waals surface area (Å²) in [5, 5.41) is 3.62. The second-order valence-electron chi connectivity index (χ2n) is 6.36. The second-order valence-corrected chi connectivity index (χ2v) is 8.03. The average molecular weight is 293 g/mol. The monoisotopic (exact) mass is 293 g/mol. The highest BCUT2D eigenvalue weighted by atomic mass is 32.2. The molecule has 1 fully saturated rings. The first kappa shape index (κ1) is 15.7. The van der Waals surface area contributed by atoms with Gasteiger partial charge in [-0.1, -0.05) is 31.5 Å². The van der Waals surface area contributed by atoms with E-state index in [1.54, 1.807) is 0 Å². The summed E-state index contributed by atoms with van der Waals surface area (Å²) >= 11 is 0. The maximum absolute atomic E-state index is 12.9. The zero-order valence-corrected chi connectivity index (χ0v) is 13.9. The third-order valence-corrected chi connectivity index (χ3v) is 6.48. The van der Waals surface area contributed by atoms with Gasteiger partial charge in [0, 0.05) is 10.9 Å². The number of hydrogen-bond donors (Lipinski definition) is 1. The third kappa shape index (κ3) is 3.50. The molecule has 20 heavy (non-hydrogen) atoms. The van der Waals surface area contributed by atoms with Crippen LogP contribution >= 0.6 is 0 Å². The first-order chi connectivity index (χ1) is 9.52. The summed E-state index contributed by atoms with van der Waals surface area (Å²) in [5.74, 6) is 1.39. The van der Waals surface area contributed by atoms with E-state index in [4.69, 9.17) is 0 Å². The van der Waals surface area contributed by atoms with Gasteiger partial charge in [-0.15, -0.1) is 0 Å². The van der Waals surface area contributed by atoms with E-state index in [9.17, 15) is 4.21 Å². The van der Waals surface area contributed by atoms with Crippen LogP contribution in [0.4, 0.5) is 0 Å². The van der Waals surface area contributed by atoms with E-state index in [-0.39, 0.29) is 5.25 Å². The van der Waals surface area contributed by atoms with Gasteiger partial charge in [0.15, 0.2) is 0 Å². The van der Waals surface area contributed by atoms with Gasteiger partial charge >= 0.3 is 0 Å². The van der Waals surface area contributed by atoms with Crippen molar-refractivity contribution in [3.8, 4) is 0 Å². The van der Waals surface area contributed by atoms with Gasteiger partial charge in [-0.2, -0.15) is 0 Å². The predicted molar refractivity (Wildman–Crippen MR) is 86.4 cm³/mol. The van der Waals surface area contributed by atoms with Gasteiger partial charge in [-0.25, -0.2) is 0 Å². The van der Waals surface area contributed by atoms with E-state index in [1.165, 1.54) is 12.0 Å². The Labute approximate surface area is 125 Å². The summed E-state index contributed by atoms with van der Waals surface area (Å²) in [5.41, 5.74) is 1.22. The molecule has 3 heteroatoms. The smallest absolute Gasteiger partial charge is 0.0576 e. The van der Waals surface area contributed by atoms with Crippen LogP contribution in [0.3, 0.4) is 0 Å². The van der Waals surface area contributed by atoms with E-state index < -0.39 is 10.8 Å². The molecule has 0 bridgehead atoms. The lowest BCUT2D eigenvalue weighted by molar-refractivity contribution is 0.249. The van der Waals surface area contributed by atoms with Crippen molar-refractivity contribution in [2.75, 3.05) is 7.05 Å². The lowest BCUT2D eigenvalue weighted by atomic mass is 9.79. The molecule has 112 valence electrons. The number of rotatable bonds is 4. The zero-order chi connectivity index (χ0) is 14.7. The summed E-state index contributed by atoms with van der Waals surface area (Å²) in [6.45, 7) is 6.64. The fourth-order valence-electron chi connectivity index (χ4n) is 3.18. The van der Waals surface area contributed by atoms with Crippen LogP contribution < -0.4 is 5.32 Å². The van der Waals surface area contributed by atoms with Crippen LogP contribution in [0.25, 0.3) is 0 Å². The minimum atomic E-state index is -0.908. The highest BCUT2D eigenvalue weighted by Gasteiger charge is 2.35. The molecule has 1 saturated carbocycles. The summed E-state index contributed by atoms with van der Waals surface area (Å²) < 4.78 is 12.9. The largest absolute Gasteiger partial charge is 0.316 e. The molecule has 0 aromatic heterocycles. The Hall–Kier alpha value is -0.670. The van der Waals surface area contributed by atoms with E-state index in [0.717, 1.165) is 17.7 Å². The van der Waals surface area contributed by atoms with E-state index >= 15 is 0 Å². The second kappa shape index (κ2) is 6.86. The maximum Gasteiger partial charge on any atom is 0.0576 e. The van der Waals surface area contributed by atoms with Crippen LogP contribution in [0, 0.1) is 18.8 Å². The Morgan fingerprint density at radius 3 is 2.40 bits per heavy atom. The topological polar surface area (TPSA) is 29.1 Å². The summed E-state index contributed by atoms with van der Waals surface area (Å²) in [7, 11) is 1.09. The van der Waals surface area contributed by atoms with Crippen molar-refractivity contribution >= 4 is 10.8 Å². The van der Waals surface area contributed by atoms with Crippen molar-refractivity contribution in [3.63, 3.8) is 0 Å². The molecule has 1 aliphatic rings. The predicted octanol–water partition coefficient (Wildman–Crippen LogP) is 3.52. The fourth-order valence-corrected chi connectivity index (χ4v) is 4.93. The van der Waals surface area contributed by atoms with Gasteiger partial charge in [-0.3, -0.25) is 4.21 Å². The third-order valence-electron chi connectivity index (χ3n) is 4.67. The molecule has 0 spiro atoms. The van der Waals surface area contributed by atoms with Crippen LogP contribution in [-0.2, 0) is 10.8 Å². The molecule has 0 saturated heterocycles. The standard InChI is InChI=1S/C17H27NOS/c1-12(2)14-7-10-16(18-4)17(11-14)20(19)15-8-5-13(3)6-9-15/h5-6,8-9,12,14,16-18H,7,10-11H2,1-4H3. The van der Waals surface area contributed by atoms with Crippen molar-refractivity contribution in [3.05, 3.63) is 29.8 Å². The molecule has 2 rings (SSSR count). The molecule has 0 amide bonds. The number of nitrogens with one attached hydrogen (secondary N) is 1. The van der Waals surface area contributed by atoms with Gasteiger partial charge in [0.25, 0.3) is 0 Å². The molecule has 4 unspecified atom stereocenters. The van der Waals surface area contributed by atoms with Crippen LogP contribution in [0.2, 0.25) is 0 Å². The molecule has 0 aliphatic heterocycles. The first-order valence-corrected chi connectivity index (χ1v) is 8.88.